The fourth-order valence-electron chi connectivity index (χ4n) is 2.25. The molecule has 4 nitrogen and oxygen atoms in total. The van der Waals surface area contributed by atoms with Crippen LogP contribution in [0.25, 0.3) is 0 Å². The smallest absolute Gasteiger partial charge is 0.326 e. The summed E-state index contributed by atoms with van der Waals surface area (Å²) in [6, 6.07) is 15.1. The first-order chi connectivity index (χ1) is 11.1. The van der Waals surface area contributed by atoms with Crippen LogP contribution < -0.4 is 4.90 Å². The summed E-state index contributed by atoms with van der Waals surface area (Å²) in [6.45, 7) is 0.136. The van der Waals surface area contributed by atoms with Crippen molar-refractivity contribution in [3.05, 3.63) is 58.6 Å². The summed E-state index contributed by atoms with van der Waals surface area (Å²) >= 11 is 4.85. The first-order valence-electron chi connectivity index (χ1n) is 7.06. The molecule has 0 saturated heterocycles. The second-order valence-electron chi connectivity index (χ2n) is 5.02. The van der Waals surface area contributed by atoms with Crippen LogP contribution in [0.1, 0.15) is 5.56 Å². The molecule has 0 aromatic heterocycles. The Hall–Kier alpha value is -1.79. The molecule has 0 spiro atoms. The molecule has 1 aliphatic heterocycles. The Morgan fingerprint density at radius 1 is 1.17 bits per heavy atom. The first kappa shape index (κ1) is 16.1. The number of anilines is 1. The standard InChI is InChI=1S/C17H14BrNO3S/c18-13-7-5-12(6-8-13)10-22-17(21)9-19-14-3-1-2-4-15(14)23-11-16(19)20/h1-8H,9-11H2. The summed E-state index contributed by atoms with van der Waals surface area (Å²) < 4.78 is 6.25. The molecule has 0 saturated carbocycles. The molecule has 2 aromatic carbocycles. The molecule has 0 N–H and O–H groups in total. The van der Waals surface area contributed by atoms with Gasteiger partial charge in [0.25, 0.3) is 0 Å². The number of thioether (sulfide) groups is 1. The number of ether oxygens (including phenoxy) is 1. The van der Waals surface area contributed by atoms with Gasteiger partial charge in [-0.15, -0.1) is 11.8 Å². The largest absolute Gasteiger partial charge is 0.459 e. The molecular weight excluding hydrogens is 378 g/mol. The summed E-state index contributed by atoms with van der Waals surface area (Å²) in [5.74, 6) is -0.144. The molecule has 1 heterocycles. The molecule has 0 bridgehead atoms. The maximum absolute atomic E-state index is 12.1. The molecule has 0 unspecified atom stereocenters. The summed E-state index contributed by atoms with van der Waals surface area (Å²) in [5.41, 5.74) is 1.68. The van der Waals surface area contributed by atoms with E-state index in [1.807, 2.05) is 48.5 Å². The number of rotatable bonds is 4. The number of carbonyl (C=O) groups is 2. The molecule has 0 aliphatic carbocycles. The zero-order valence-electron chi connectivity index (χ0n) is 12.2. The highest BCUT2D eigenvalue weighted by molar-refractivity contribution is 9.10. The molecule has 0 radical (unpaired) electrons. The van der Waals surface area contributed by atoms with Crippen molar-refractivity contribution in [1.82, 2.24) is 0 Å². The summed E-state index contributed by atoms with van der Waals surface area (Å²) in [4.78, 5) is 26.7. The van der Waals surface area contributed by atoms with Crippen molar-refractivity contribution in [2.45, 2.75) is 11.5 Å². The van der Waals surface area contributed by atoms with Gasteiger partial charge in [0.15, 0.2) is 0 Å². The van der Waals surface area contributed by atoms with Crippen LogP contribution in [0.2, 0.25) is 0 Å². The third-order valence-electron chi connectivity index (χ3n) is 3.41. The van der Waals surface area contributed by atoms with E-state index in [1.54, 1.807) is 0 Å². The molecule has 6 heteroatoms. The molecule has 1 amide bonds. The second-order valence-corrected chi connectivity index (χ2v) is 6.96. The van der Waals surface area contributed by atoms with Gasteiger partial charge in [-0.25, -0.2) is 0 Å². The lowest BCUT2D eigenvalue weighted by Crippen LogP contribution is -2.39. The Balaban J connectivity index is 1.63. The highest BCUT2D eigenvalue weighted by atomic mass is 79.9. The lowest BCUT2D eigenvalue weighted by Gasteiger charge is -2.27. The van der Waals surface area contributed by atoms with E-state index < -0.39 is 5.97 Å². The van der Waals surface area contributed by atoms with Crippen molar-refractivity contribution in [1.29, 1.82) is 0 Å². The van der Waals surface area contributed by atoms with Crippen molar-refractivity contribution in [3.63, 3.8) is 0 Å². The number of fused-ring (bicyclic) bond motifs is 1. The minimum Gasteiger partial charge on any atom is -0.459 e. The van der Waals surface area contributed by atoms with Crippen molar-refractivity contribution in [3.8, 4) is 0 Å². The minimum atomic E-state index is -0.414. The summed E-state index contributed by atoms with van der Waals surface area (Å²) in [5, 5.41) is 0. The predicted octanol–water partition coefficient (Wildman–Crippen LogP) is 3.63. The fourth-order valence-corrected chi connectivity index (χ4v) is 3.45. The van der Waals surface area contributed by atoms with Gasteiger partial charge in [-0.2, -0.15) is 0 Å². The number of carbonyl (C=O) groups excluding carboxylic acids is 2. The quantitative estimate of drug-likeness (QED) is 0.746. The number of para-hydroxylation sites is 1. The second kappa shape index (κ2) is 7.19. The van der Waals surface area contributed by atoms with E-state index in [1.165, 1.54) is 16.7 Å². The van der Waals surface area contributed by atoms with E-state index in [4.69, 9.17) is 4.74 Å². The van der Waals surface area contributed by atoms with Gasteiger partial charge in [-0.05, 0) is 29.8 Å². The van der Waals surface area contributed by atoms with Gasteiger partial charge < -0.3 is 4.74 Å². The van der Waals surface area contributed by atoms with Gasteiger partial charge in [0.1, 0.15) is 13.2 Å². The Bertz CT molecular complexity index is 733. The fraction of sp³-hybridized carbons (Fsp3) is 0.176. The number of halogens is 1. The molecule has 2 aromatic rings. The van der Waals surface area contributed by atoms with Crippen LogP contribution in [0.4, 0.5) is 5.69 Å². The van der Waals surface area contributed by atoms with Crippen LogP contribution in [-0.2, 0) is 20.9 Å². The van der Waals surface area contributed by atoms with Crippen LogP contribution >= 0.6 is 27.7 Å². The number of nitrogens with zero attached hydrogens (tertiary/aromatic N) is 1. The zero-order chi connectivity index (χ0) is 16.2. The van der Waals surface area contributed by atoms with Gasteiger partial charge in [-0.1, -0.05) is 40.2 Å². The molecule has 23 heavy (non-hydrogen) atoms. The monoisotopic (exact) mass is 391 g/mol. The average molecular weight is 392 g/mol. The van der Waals surface area contributed by atoms with E-state index in [-0.39, 0.29) is 19.1 Å². The average Bonchev–Trinajstić information content (AvgIpc) is 2.57. The molecule has 1 aliphatic rings. The van der Waals surface area contributed by atoms with Gasteiger partial charge in [-0.3, -0.25) is 14.5 Å². The third-order valence-corrected chi connectivity index (χ3v) is 4.98. The normalized spacial score (nSPS) is 13.6. The lowest BCUT2D eigenvalue weighted by atomic mass is 10.2. The Kier molecular flexibility index (Phi) is 5.03. The van der Waals surface area contributed by atoms with E-state index >= 15 is 0 Å². The van der Waals surface area contributed by atoms with Crippen molar-refractivity contribution < 1.29 is 14.3 Å². The van der Waals surface area contributed by atoms with Crippen molar-refractivity contribution in [2.75, 3.05) is 17.2 Å². The number of amides is 1. The van der Waals surface area contributed by atoms with Crippen LogP contribution in [0.15, 0.2) is 57.9 Å². The van der Waals surface area contributed by atoms with E-state index in [0.29, 0.717) is 5.75 Å². The summed E-state index contributed by atoms with van der Waals surface area (Å²) in [6.07, 6.45) is 0. The van der Waals surface area contributed by atoms with E-state index in [0.717, 1.165) is 20.6 Å². The van der Waals surface area contributed by atoms with Crippen LogP contribution in [-0.4, -0.2) is 24.2 Å². The Morgan fingerprint density at radius 3 is 2.70 bits per heavy atom. The Morgan fingerprint density at radius 2 is 1.91 bits per heavy atom. The SMILES string of the molecule is O=C(CN1C(=O)CSc2ccccc21)OCc1ccc(Br)cc1. The van der Waals surface area contributed by atoms with Crippen molar-refractivity contribution in [2.24, 2.45) is 0 Å². The highest BCUT2D eigenvalue weighted by Gasteiger charge is 2.26. The number of hydrogen-bond donors (Lipinski definition) is 0. The van der Waals surface area contributed by atoms with Crippen molar-refractivity contribution >= 4 is 45.3 Å². The summed E-state index contributed by atoms with van der Waals surface area (Å²) in [7, 11) is 0. The van der Waals surface area contributed by atoms with Gasteiger partial charge in [0.2, 0.25) is 5.91 Å². The first-order valence-corrected chi connectivity index (χ1v) is 8.83. The highest BCUT2D eigenvalue weighted by Crippen LogP contribution is 2.34. The molecule has 0 atom stereocenters. The number of hydrogen-bond acceptors (Lipinski definition) is 4. The predicted molar refractivity (Wildman–Crippen MR) is 93.5 cm³/mol. The van der Waals surface area contributed by atoms with E-state index in [9.17, 15) is 9.59 Å². The van der Waals surface area contributed by atoms with Crippen LogP contribution in [0, 0.1) is 0 Å². The van der Waals surface area contributed by atoms with Gasteiger partial charge in [0, 0.05) is 9.37 Å². The topological polar surface area (TPSA) is 46.6 Å². The lowest BCUT2D eigenvalue weighted by molar-refractivity contribution is -0.144. The number of esters is 1. The van der Waals surface area contributed by atoms with Gasteiger partial charge in [0.05, 0.1) is 11.4 Å². The van der Waals surface area contributed by atoms with E-state index in [2.05, 4.69) is 15.9 Å². The van der Waals surface area contributed by atoms with Crippen LogP contribution in [0.5, 0.6) is 0 Å². The Labute approximate surface area is 146 Å². The molecule has 118 valence electrons. The molecule has 0 fully saturated rings. The zero-order valence-corrected chi connectivity index (χ0v) is 14.6. The maximum atomic E-state index is 12.1. The molecule has 3 rings (SSSR count). The van der Waals surface area contributed by atoms with Crippen LogP contribution in [0.3, 0.4) is 0 Å². The maximum Gasteiger partial charge on any atom is 0.326 e. The minimum absolute atomic E-state index is 0.0626. The van der Waals surface area contributed by atoms with Gasteiger partial charge >= 0.3 is 5.97 Å². The molecular formula is C17H14BrNO3S. The third kappa shape index (κ3) is 3.95. The number of benzene rings is 2.